The van der Waals surface area contributed by atoms with Crippen LogP contribution in [0.15, 0.2) is 48.8 Å². The number of pyridine rings is 1. The summed E-state index contributed by atoms with van der Waals surface area (Å²) in [5, 5.41) is 2.82. The van der Waals surface area contributed by atoms with Gasteiger partial charge in [0, 0.05) is 18.9 Å². The Kier molecular flexibility index (Phi) is 5.69. The van der Waals surface area contributed by atoms with E-state index < -0.39 is 11.7 Å². The van der Waals surface area contributed by atoms with Crippen molar-refractivity contribution in [1.29, 1.82) is 0 Å². The van der Waals surface area contributed by atoms with E-state index in [0.29, 0.717) is 23.3 Å². The van der Waals surface area contributed by atoms with Crippen molar-refractivity contribution in [2.24, 2.45) is 0 Å². The molecule has 1 N–H and O–H groups in total. The molecule has 0 bridgehead atoms. The summed E-state index contributed by atoms with van der Waals surface area (Å²) in [6.07, 6.45) is -0.326. The van der Waals surface area contributed by atoms with Crippen molar-refractivity contribution in [2.75, 3.05) is 27.2 Å². The number of nitrogens with one attached hydrogen (secondary N) is 1. The maximum absolute atomic E-state index is 12.9. The zero-order valence-electron chi connectivity index (χ0n) is 15.6. The van der Waals surface area contributed by atoms with E-state index in [4.69, 9.17) is 0 Å². The number of benzene rings is 1. The van der Waals surface area contributed by atoms with Gasteiger partial charge in [-0.25, -0.2) is 4.98 Å². The molecular formula is C20H21F3N4O. The van der Waals surface area contributed by atoms with Crippen molar-refractivity contribution < 1.29 is 18.0 Å². The summed E-state index contributed by atoms with van der Waals surface area (Å²) in [5.41, 5.74) is 1.17. The average molecular weight is 390 g/mol. The lowest BCUT2D eigenvalue weighted by Crippen LogP contribution is -2.27. The molecule has 2 heterocycles. The van der Waals surface area contributed by atoms with Crippen LogP contribution in [0.5, 0.6) is 0 Å². The first-order chi connectivity index (χ1) is 13.2. The Bertz CT molecular complexity index is 979. The lowest BCUT2D eigenvalue weighted by molar-refractivity contribution is -0.137. The van der Waals surface area contributed by atoms with Gasteiger partial charge in [0.05, 0.1) is 5.56 Å². The molecule has 0 saturated carbocycles. The minimum atomic E-state index is -4.40. The van der Waals surface area contributed by atoms with E-state index in [2.05, 4.69) is 10.3 Å². The van der Waals surface area contributed by atoms with Crippen molar-refractivity contribution in [1.82, 2.24) is 19.6 Å². The van der Waals surface area contributed by atoms with Crippen LogP contribution in [0.3, 0.4) is 0 Å². The highest BCUT2D eigenvalue weighted by Crippen LogP contribution is 2.32. The standard InChI is InChI=1S/C20H21F3N4O/c1-26(2)10-4-9-24-19(28)17-13-27-12-15(7-8-18(27)25-17)14-5-3-6-16(11-14)20(21,22)23/h3,5-8,11-13H,4,9-10H2,1-2H3,(H,24,28). The molecule has 0 unspecified atom stereocenters. The molecule has 0 aliphatic rings. The second-order valence-corrected chi connectivity index (χ2v) is 6.80. The molecule has 0 aliphatic carbocycles. The van der Waals surface area contributed by atoms with Crippen molar-refractivity contribution in [3.8, 4) is 11.1 Å². The normalized spacial score (nSPS) is 11.9. The molecule has 0 radical (unpaired) electrons. The van der Waals surface area contributed by atoms with Gasteiger partial charge >= 0.3 is 6.18 Å². The predicted octanol–water partition coefficient (Wildman–Crippen LogP) is 3.70. The highest BCUT2D eigenvalue weighted by Gasteiger charge is 2.30. The highest BCUT2D eigenvalue weighted by molar-refractivity contribution is 5.92. The molecule has 2 aromatic heterocycles. The second kappa shape index (κ2) is 8.02. The smallest absolute Gasteiger partial charge is 0.351 e. The van der Waals surface area contributed by atoms with E-state index in [9.17, 15) is 18.0 Å². The minimum Gasteiger partial charge on any atom is -0.351 e. The quantitative estimate of drug-likeness (QED) is 0.653. The first kappa shape index (κ1) is 19.9. The summed E-state index contributed by atoms with van der Waals surface area (Å²) in [5.74, 6) is -0.275. The molecule has 3 aromatic rings. The summed E-state index contributed by atoms with van der Waals surface area (Å²) in [4.78, 5) is 18.6. The van der Waals surface area contributed by atoms with Crippen LogP contribution in [0, 0.1) is 0 Å². The number of aromatic nitrogens is 2. The third-order valence-electron chi connectivity index (χ3n) is 4.27. The molecule has 3 rings (SSSR count). The summed E-state index contributed by atoms with van der Waals surface area (Å²) in [7, 11) is 3.93. The second-order valence-electron chi connectivity index (χ2n) is 6.80. The van der Waals surface area contributed by atoms with Crippen LogP contribution in [-0.2, 0) is 6.18 Å². The Morgan fingerprint density at radius 2 is 1.93 bits per heavy atom. The molecule has 0 atom stereocenters. The molecule has 8 heteroatoms. The van der Waals surface area contributed by atoms with Crippen LogP contribution in [0.25, 0.3) is 16.8 Å². The van der Waals surface area contributed by atoms with Crippen LogP contribution in [-0.4, -0.2) is 47.4 Å². The van der Waals surface area contributed by atoms with E-state index in [1.54, 1.807) is 35.0 Å². The number of alkyl halides is 3. The Morgan fingerprint density at radius 3 is 2.64 bits per heavy atom. The van der Waals surface area contributed by atoms with Gasteiger partial charge in [0.2, 0.25) is 0 Å². The van der Waals surface area contributed by atoms with E-state index in [1.165, 1.54) is 6.07 Å². The lowest BCUT2D eigenvalue weighted by Gasteiger charge is -2.09. The average Bonchev–Trinajstić information content (AvgIpc) is 3.07. The molecule has 0 aliphatic heterocycles. The number of fused-ring (bicyclic) bond motifs is 1. The van der Waals surface area contributed by atoms with E-state index in [1.807, 2.05) is 19.0 Å². The fourth-order valence-electron chi connectivity index (χ4n) is 2.83. The lowest BCUT2D eigenvalue weighted by atomic mass is 10.0. The molecule has 1 aromatic carbocycles. The fraction of sp³-hybridized carbons (Fsp3) is 0.300. The fourth-order valence-corrected chi connectivity index (χ4v) is 2.83. The first-order valence-electron chi connectivity index (χ1n) is 8.83. The van der Waals surface area contributed by atoms with E-state index >= 15 is 0 Å². The number of imidazole rings is 1. The van der Waals surface area contributed by atoms with Crippen LogP contribution in [0.1, 0.15) is 22.5 Å². The zero-order valence-corrected chi connectivity index (χ0v) is 15.6. The number of amides is 1. The van der Waals surface area contributed by atoms with Crippen molar-refractivity contribution in [2.45, 2.75) is 12.6 Å². The monoisotopic (exact) mass is 390 g/mol. The van der Waals surface area contributed by atoms with Crippen LogP contribution >= 0.6 is 0 Å². The molecule has 0 spiro atoms. The number of hydrogen-bond donors (Lipinski definition) is 1. The third kappa shape index (κ3) is 4.69. The largest absolute Gasteiger partial charge is 0.416 e. The van der Waals surface area contributed by atoms with Crippen LogP contribution < -0.4 is 5.32 Å². The molecule has 148 valence electrons. The van der Waals surface area contributed by atoms with Gasteiger partial charge in [-0.2, -0.15) is 13.2 Å². The molecule has 28 heavy (non-hydrogen) atoms. The Balaban J connectivity index is 1.79. The summed E-state index contributed by atoms with van der Waals surface area (Å²) < 4.78 is 40.5. The molecular weight excluding hydrogens is 369 g/mol. The Hall–Kier alpha value is -2.87. The Morgan fingerprint density at radius 1 is 1.14 bits per heavy atom. The highest BCUT2D eigenvalue weighted by atomic mass is 19.4. The maximum Gasteiger partial charge on any atom is 0.416 e. The third-order valence-corrected chi connectivity index (χ3v) is 4.27. The van der Waals surface area contributed by atoms with E-state index in [0.717, 1.165) is 25.1 Å². The minimum absolute atomic E-state index is 0.269. The first-order valence-corrected chi connectivity index (χ1v) is 8.83. The van der Waals surface area contributed by atoms with E-state index in [-0.39, 0.29) is 11.6 Å². The van der Waals surface area contributed by atoms with Gasteiger partial charge in [-0.05, 0) is 62.5 Å². The van der Waals surface area contributed by atoms with Gasteiger partial charge in [0.25, 0.3) is 5.91 Å². The topological polar surface area (TPSA) is 49.6 Å². The summed E-state index contributed by atoms with van der Waals surface area (Å²) >= 11 is 0. The molecule has 5 nitrogen and oxygen atoms in total. The maximum atomic E-state index is 12.9. The number of hydrogen-bond acceptors (Lipinski definition) is 3. The summed E-state index contributed by atoms with van der Waals surface area (Å²) in [6, 6.07) is 8.51. The van der Waals surface area contributed by atoms with Gasteiger partial charge in [-0.15, -0.1) is 0 Å². The molecule has 1 amide bonds. The summed E-state index contributed by atoms with van der Waals surface area (Å²) in [6.45, 7) is 1.41. The van der Waals surface area contributed by atoms with Crippen molar-refractivity contribution in [3.05, 3.63) is 60.0 Å². The number of halogens is 3. The SMILES string of the molecule is CN(C)CCCNC(=O)c1cn2cc(-c3cccc(C(F)(F)F)c3)ccc2n1. The number of carbonyl (C=O) groups excluding carboxylic acids is 1. The predicted molar refractivity (Wildman–Crippen MR) is 101 cm³/mol. The van der Waals surface area contributed by atoms with Crippen LogP contribution in [0.2, 0.25) is 0 Å². The van der Waals surface area contributed by atoms with Gasteiger partial charge in [0.1, 0.15) is 11.3 Å². The van der Waals surface area contributed by atoms with Crippen molar-refractivity contribution >= 4 is 11.6 Å². The van der Waals surface area contributed by atoms with Gasteiger partial charge in [-0.1, -0.05) is 12.1 Å². The van der Waals surface area contributed by atoms with Gasteiger partial charge < -0.3 is 14.6 Å². The Labute approximate surface area is 160 Å². The molecule has 0 saturated heterocycles. The molecule has 0 fully saturated rings. The van der Waals surface area contributed by atoms with Gasteiger partial charge in [0.15, 0.2) is 0 Å². The zero-order chi connectivity index (χ0) is 20.3. The van der Waals surface area contributed by atoms with Crippen LogP contribution in [0.4, 0.5) is 13.2 Å². The van der Waals surface area contributed by atoms with Crippen molar-refractivity contribution in [3.63, 3.8) is 0 Å². The number of nitrogens with zero attached hydrogens (tertiary/aromatic N) is 3. The number of rotatable bonds is 6. The van der Waals surface area contributed by atoms with Gasteiger partial charge in [-0.3, -0.25) is 4.79 Å². The number of carbonyl (C=O) groups is 1.